The van der Waals surface area contributed by atoms with Crippen molar-refractivity contribution in [3.05, 3.63) is 29.8 Å². The van der Waals surface area contributed by atoms with Gasteiger partial charge in [-0.2, -0.15) is 5.26 Å². The highest BCUT2D eigenvalue weighted by atomic mass is 32.2. The zero-order chi connectivity index (χ0) is 17.0. The van der Waals surface area contributed by atoms with Gasteiger partial charge in [-0.15, -0.1) is 0 Å². The molecular formula is C18H25N3O2S. The van der Waals surface area contributed by atoms with Crippen LogP contribution in [0.2, 0.25) is 0 Å². The Labute approximate surface area is 144 Å². The van der Waals surface area contributed by atoms with Crippen molar-refractivity contribution in [3.8, 4) is 6.07 Å². The highest BCUT2D eigenvalue weighted by molar-refractivity contribution is 7.91. The fraction of sp³-hybridized carbons (Fsp3) is 0.611. The highest BCUT2D eigenvalue weighted by Gasteiger charge is 2.28. The minimum Gasteiger partial charge on any atom is -0.302 e. The van der Waals surface area contributed by atoms with Crippen LogP contribution in [0.5, 0.6) is 0 Å². The van der Waals surface area contributed by atoms with Crippen LogP contribution in [0.25, 0.3) is 0 Å². The molecule has 0 saturated carbocycles. The van der Waals surface area contributed by atoms with E-state index in [0.717, 1.165) is 19.5 Å². The topological polar surface area (TPSA) is 64.4 Å². The molecule has 1 atom stereocenters. The lowest BCUT2D eigenvalue weighted by molar-refractivity contribution is 0.199. The minimum absolute atomic E-state index is 0.148. The molecule has 0 amide bonds. The summed E-state index contributed by atoms with van der Waals surface area (Å²) in [5.41, 5.74) is 0.485. The largest absolute Gasteiger partial charge is 0.302 e. The van der Waals surface area contributed by atoms with Gasteiger partial charge in [-0.3, -0.25) is 4.90 Å². The molecule has 2 aliphatic rings. The molecular weight excluding hydrogens is 322 g/mol. The molecule has 2 heterocycles. The fourth-order valence-electron chi connectivity index (χ4n) is 3.75. The Balaban J connectivity index is 1.57. The Bertz CT molecular complexity index is 688. The number of sulfone groups is 1. The molecule has 3 rings (SSSR count). The van der Waals surface area contributed by atoms with Crippen LogP contribution >= 0.6 is 0 Å². The van der Waals surface area contributed by atoms with Crippen LogP contribution < -0.4 is 0 Å². The molecule has 130 valence electrons. The van der Waals surface area contributed by atoms with Gasteiger partial charge in [-0.1, -0.05) is 0 Å². The smallest absolute Gasteiger partial charge is 0.179 e. The van der Waals surface area contributed by atoms with Gasteiger partial charge in [0.2, 0.25) is 0 Å². The first-order valence-corrected chi connectivity index (χ1v) is 10.4. The predicted molar refractivity (Wildman–Crippen MR) is 93.5 cm³/mol. The van der Waals surface area contributed by atoms with Crippen molar-refractivity contribution in [2.45, 2.75) is 36.6 Å². The Hall–Kier alpha value is -1.42. The van der Waals surface area contributed by atoms with E-state index in [1.165, 1.54) is 32.4 Å². The summed E-state index contributed by atoms with van der Waals surface area (Å²) in [6.45, 7) is 5.06. The van der Waals surface area contributed by atoms with Crippen molar-refractivity contribution in [3.63, 3.8) is 0 Å². The molecule has 0 bridgehead atoms. The van der Waals surface area contributed by atoms with Crippen LogP contribution in [0.3, 0.4) is 0 Å². The van der Waals surface area contributed by atoms with Gasteiger partial charge in [0.05, 0.1) is 22.3 Å². The molecule has 2 saturated heterocycles. The third-order valence-corrected chi connectivity index (χ3v) is 6.87. The first-order chi connectivity index (χ1) is 11.6. The predicted octanol–water partition coefficient (Wildman–Crippen LogP) is 1.89. The zero-order valence-corrected chi connectivity index (χ0v) is 14.8. The lowest BCUT2D eigenvalue weighted by Crippen LogP contribution is -2.41. The average molecular weight is 347 g/mol. The van der Waals surface area contributed by atoms with Crippen LogP contribution in [0.15, 0.2) is 29.2 Å². The monoisotopic (exact) mass is 347 g/mol. The van der Waals surface area contributed by atoms with E-state index in [2.05, 4.69) is 9.80 Å². The SMILES string of the molecule is N#Cc1ccc(S(=O)(=O)CCN2CCC[C@H]2CN2CCCC2)cc1. The summed E-state index contributed by atoms with van der Waals surface area (Å²) in [6, 6.07) is 8.73. The number of benzene rings is 1. The number of rotatable bonds is 6. The van der Waals surface area contributed by atoms with E-state index in [1.807, 2.05) is 6.07 Å². The normalized spacial score (nSPS) is 22.7. The quantitative estimate of drug-likeness (QED) is 0.786. The van der Waals surface area contributed by atoms with E-state index in [-0.39, 0.29) is 5.75 Å². The van der Waals surface area contributed by atoms with Crippen LogP contribution in [0.4, 0.5) is 0 Å². The highest BCUT2D eigenvalue weighted by Crippen LogP contribution is 2.21. The molecule has 0 N–H and O–H groups in total. The molecule has 0 radical (unpaired) electrons. The Kier molecular flexibility index (Phi) is 5.54. The second-order valence-electron chi connectivity index (χ2n) is 6.79. The Morgan fingerprint density at radius 1 is 1.08 bits per heavy atom. The minimum atomic E-state index is -3.29. The fourth-order valence-corrected chi connectivity index (χ4v) is 5.01. The van der Waals surface area contributed by atoms with Crippen molar-refractivity contribution >= 4 is 9.84 Å². The number of nitriles is 1. The lowest BCUT2D eigenvalue weighted by atomic mass is 10.2. The van der Waals surface area contributed by atoms with Gasteiger partial charge in [0, 0.05) is 19.1 Å². The molecule has 24 heavy (non-hydrogen) atoms. The molecule has 2 fully saturated rings. The van der Waals surface area contributed by atoms with E-state index in [0.29, 0.717) is 23.0 Å². The second-order valence-corrected chi connectivity index (χ2v) is 8.90. The molecule has 1 aromatic rings. The molecule has 6 heteroatoms. The maximum Gasteiger partial charge on any atom is 0.179 e. The Morgan fingerprint density at radius 3 is 2.46 bits per heavy atom. The molecule has 1 aromatic carbocycles. The molecule has 0 aromatic heterocycles. The third kappa shape index (κ3) is 4.15. The third-order valence-electron chi connectivity index (χ3n) is 5.16. The summed E-state index contributed by atoms with van der Waals surface area (Å²) in [5.74, 6) is 0.148. The van der Waals surface area contributed by atoms with Gasteiger partial charge in [0.15, 0.2) is 9.84 Å². The number of hydrogen-bond acceptors (Lipinski definition) is 5. The van der Waals surface area contributed by atoms with E-state index < -0.39 is 9.84 Å². The van der Waals surface area contributed by atoms with E-state index >= 15 is 0 Å². The van der Waals surface area contributed by atoms with Crippen LogP contribution in [-0.4, -0.2) is 62.7 Å². The molecule has 0 aliphatic carbocycles. The van der Waals surface area contributed by atoms with Crippen LogP contribution in [0.1, 0.15) is 31.2 Å². The van der Waals surface area contributed by atoms with Crippen molar-refractivity contribution in [2.75, 3.05) is 38.5 Å². The molecule has 0 spiro atoms. The maximum atomic E-state index is 12.5. The van der Waals surface area contributed by atoms with Crippen molar-refractivity contribution in [1.29, 1.82) is 5.26 Å². The Morgan fingerprint density at radius 2 is 1.79 bits per heavy atom. The number of nitrogens with zero attached hydrogens (tertiary/aromatic N) is 3. The van der Waals surface area contributed by atoms with Crippen LogP contribution in [0, 0.1) is 11.3 Å². The second kappa shape index (κ2) is 7.64. The lowest BCUT2D eigenvalue weighted by Gasteiger charge is -2.28. The summed E-state index contributed by atoms with van der Waals surface area (Å²) in [4.78, 5) is 5.18. The summed E-state index contributed by atoms with van der Waals surface area (Å²) in [7, 11) is -3.29. The molecule has 2 aliphatic heterocycles. The first kappa shape index (κ1) is 17.4. The van der Waals surface area contributed by atoms with Crippen molar-refractivity contribution in [2.24, 2.45) is 0 Å². The molecule has 5 nitrogen and oxygen atoms in total. The van der Waals surface area contributed by atoms with Gasteiger partial charge in [-0.05, 0) is 69.6 Å². The number of hydrogen-bond donors (Lipinski definition) is 0. The van der Waals surface area contributed by atoms with E-state index in [4.69, 9.17) is 5.26 Å². The van der Waals surface area contributed by atoms with E-state index in [9.17, 15) is 8.42 Å². The van der Waals surface area contributed by atoms with Gasteiger partial charge < -0.3 is 4.90 Å². The first-order valence-electron chi connectivity index (χ1n) is 8.78. The van der Waals surface area contributed by atoms with E-state index in [1.54, 1.807) is 24.3 Å². The molecule has 0 unspecified atom stereocenters. The van der Waals surface area contributed by atoms with Crippen molar-refractivity contribution in [1.82, 2.24) is 9.80 Å². The van der Waals surface area contributed by atoms with Crippen LogP contribution in [-0.2, 0) is 9.84 Å². The summed E-state index contributed by atoms with van der Waals surface area (Å²) in [5, 5.41) is 8.81. The van der Waals surface area contributed by atoms with Gasteiger partial charge >= 0.3 is 0 Å². The average Bonchev–Trinajstić information content (AvgIpc) is 3.25. The maximum absolute atomic E-state index is 12.5. The zero-order valence-electron chi connectivity index (χ0n) is 14.0. The van der Waals surface area contributed by atoms with Crippen molar-refractivity contribution < 1.29 is 8.42 Å². The summed E-state index contributed by atoms with van der Waals surface area (Å²) in [6.07, 6.45) is 4.92. The van der Waals surface area contributed by atoms with Gasteiger partial charge in [-0.25, -0.2) is 8.42 Å². The van der Waals surface area contributed by atoms with Gasteiger partial charge in [0.25, 0.3) is 0 Å². The summed E-state index contributed by atoms with van der Waals surface area (Å²) >= 11 is 0. The number of likely N-dealkylation sites (tertiary alicyclic amines) is 2. The standard InChI is InChI=1S/C18H25N3O2S/c19-14-16-5-7-18(8-6-16)24(22,23)13-12-21-11-3-4-17(21)15-20-9-1-2-10-20/h5-8,17H,1-4,9-13,15H2/t17-/m0/s1. The van der Waals surface area contributed by atoms with Gasteiger partial charge in [0.1, 0.15) is 0 Å². The summed E-state index contributed by atoms with van der Waals surface area (Å²) < 4.78 is 25.0.